The number of likely N-dealkylation sites (N-methyl/N-ethyl adjacent to an activating group) is 1. The van der Waals surface area contributed by atoms with E-state index in [9.17, 15) is 19.8 Å². The molecule has 0 aromatic heterocycles. The van der Waals surface area contributed by atoms with Gasteiger partial charge in [0, 0.05) is 11.3 Å². The van der Waals surface area contributed by atoms with Crippen LogP contribution in [0.5, 0.6) is 0 Å². The Bertz CT molecular complexity index is 900. The highest BCUT2D eigenvalue weighted by Gasteiger charge is 2.42. The van der Waals surface area contributed by atoms with Crippen LogP contribution in [0.3, 0.4) is 0 Å². The maximum absolute atomic E-state index is 12.8. The van der Waals surface area contributed by atoms with Crippen molar-refractivity contribution in [1.29, 1.82) is 0 Å². The number of halogens is 1. The second-order valence-electron chi connectivity index (χ2n) is 15.0. The number of aldehydes is 1. The average Bonchev–Trinajstić information content (AvgIpc) is 3.32. The van der Waals surface area contributed by atoms with Crippen LogP contribution in [-0.2, 0) is 14.3 Å². The van der Waals surface area contributed by atoms with Crippen molar-refractivity contribution in [2.45, 2.75) is 185 Å². The number of aliphatic hydroxyl groups excluding tert-OH is 2. The van der Waals surface area contributed by atoms with Gasteiger partial charge in [0.05, 0.1) is 12.2 Å². The van der Waals surface area contributed by atoms with E-state index in [2.05, 4.69) is 43.1 Å². The Morgan fingerprint density at radius 3 is 2.08 bits per heavy atom. The Hall–Kier alpha value is -1.21. The molecule has 2 rings (SSSR count). The third-order valence-electron chi connectivity index (χ3n) is 11.5. The maximum atomic E-state index is 12.8. The van der Waals surface area contributed by atoms with Gasteiger partial charge in [-0.25, -0.2) is 0 Å². The quantitative estimate of drug-likeness (QED) is 0.0267. The number of alkyl halides is 1. The van der Waals surface area contributed by atoms with Crippen molar-refractivity contribution in [2.24, 2.45) is 17.3 Å². The van der Waals surface area contributed by atoms with Crippen LogP contribution in [0.15, 0.2) is 24.3 Å². The topological polar surface area (TPSA) is 87.1 Å². The van der Waals surface area contributed by atoms with Crippen LogP contribution >= 0.6 is 11.6 Å². The summed E-state index contributed by atoms with van der Waals surface area (Å²) in [6, 6.07) is -0.380. The Kier molecular flexibility index (Phi) is 23.0. The number of ether oxygens (including phenoxy) is 1. The number of carbonyl (C=O) groups excluding carboxylic acids is 2. The van der Waals surface area contributed by atoms with Gasteiger partial charge in [-0.2, -0.15) is 0 Å². The van der Waals surface area contributed by atoms with Crippen molar-refractivity contribution >= 4 is 23.9 Å². The Labute approximate surface area is 299 Å². The van der Waals surface area contributed by atoms with Gasteiger partial charge in [-0.15, -0.1) is 11.6 Å². The van der Waals surface area contributed by atoms with Crippen LogP contribution in [0.1, 0.15) is 162 Å². The van der Waals surface area contributed by atoms with Gasteiger partial charge in [0.15, 0.2) is 6.29 Å². The standard InChI is InChI=1S/C41H72ClNO5/c1-4-6-7-8-9-10-11-12-13-14-15-16-17-21-30-43(3)37(40(47)48-32-31-44)26-20-18-19-24-34-35(38(45)33-36(34)42)25-22-27-39(46)41(5-2)28-23-29-41/h18-19,22,25,31,34-39,45-46H,4-17,20-21,23-24,26-30,32-33H2,1-3H3/t34-,35-,36-,37?,38-,39+/m1/s1. The number of esters is 1. The molecule has 0 aromatic carbocycles. The normalized spacial score (nSPS) is 23.6. The van der Waals surface area contributed by atoms with Crippen LogP contribution in [0, 0.1) is 17.3 Å². The summed E-state index contributed by atoms with van der Waals surface area (Å²) in [6.45, 7) is 5.07. The summed E-state index contributed by atoms with van der Waals surface area (Å²) in [5, 5.41) is 21.4. The fourth-order valence-electron chi connectivity index (χ4n) is 7.90. The van der Waals surface area contributed by atoms with Gasteiger partial charge in [0.25, 0.3) is 0 Å². The van der Waals surface area contributed by atoms with Gasteiger partial charge >= 0.3 is 5.97 Å². The molecular formula is C41H72ClNO5. The molecule has 2 saturated carbocycles. The smallest absolute Gasteiger partial charge is 0.323 e. The lowest BCUT2D eigenvalue weighted by Gasteiger charge is -2.45. The highest BCUT2D eigenvalue weighted by atomic mass is 35.5. The second-order valence-corrected chi connectivity index (χ2v) is 15.5. The number of unbranched alkanes of at least 4 members (excludes halogenated alkanes) is 13. The molecule has 6 atom stereocenters. The number of hydrogen-bond acceptors (Lipinski definition) is 6. The van der Waals surface area contributed by atoms with E-state index >= 15 is 0 Å². The summed E-state index contributed by atoms with van der Waals surface area (Å²) in [4.78, 5) is 25.8. The molecule has 2 aliphatic rings. The number of nitrogens with zero attached hydrogens (tertiary/aromatic N) is 1. The van der Waals surface area contributed by atoms with Crippen molar-refractivity contribution in [3.63, 3.8) is 0 Å². The van der Waals surface area contributed by atoms with Crippen LogP contribution in [-0.4, -0.2) is 71.2 Å². The Morgan fingerprint density at radius 2 is 1.54 bits per heavy atom. The molecule has 2 N–H and O–H groups in total. The van der Waals surface area contributed by atoms with Crippen LogP contribution in [0.2, 0.25) is 0 Å². The predicted molar refractivity (Wildman–Crippen MR) is 200 cm³/mol. The summed E-state index contributed by atoms with van der Waals surface area (Å²) in [5.74, 6) is -0.223. The first-order chi connectivity index (χ1) is 23.3. The summed E-state index contributed by atoms with van der Waals surface area (Å²) < 4.78 is 5.23. The minimum atomic E-state index is -0.469. The van der Waals surface area contributed by atoms with Crippen LogP contribution in [0.25, 0.3) is 0 Å². The van der Waals surface area contributed by atoms with Crippen molar-refractivity contribution < 1.29 is 24.5 Å². The van der Waals surface area contributed by atoms with E-state index in [4.69, 9.17) is 16.3 Å². The first-order valence-electron chi connectivity index (χ1n) is 19.9. The lowest BCUT2D eigenvalue weighted by Crippen LogP contribution is -2.40. The van der Waals surface area contributed by atoms with Crippen molar-refractivity contribution in [3.05, 3.63) is 24.3 Å². The zero-order valence-corrected chi connectivity index (χ0v) is 31.7. The molecule has 0 aromatic rings. The first kappa shape index (κ1) is 43.0. The molecule has 0 heterocycles. The lowest BCUT2D eigenvalue weighted by atomic mass is 9.63. The third kappa shape index (κ3) is 15.8. The highest BCUT2D eigenvalue weighted by Crippen LogP contribution is 2.48. The average molecular weight is 694 g/mol. The summed E-state index contributed by atoms with van der Waals surface area (Å²) in [7, 11) is 1.98. The SMILES string of the molecule is CCCCCCCCCCCCCCCCN(C)C(CCC=CC[C@@H]1[C@@H](C=CC[C@H](O)C2(CC)CCC2)[C@H](O)C[C@H]1Cl)C(=O)OCC=O. The molecule has 0 saturated heterocycles. The maximum Gasteiger partial charge on any atom is 0.323 e. The van der Waals surface area contributed by atoms with E-state index in [1.165, 1.54) is 89.9 Å². The van der Waals surface area contributed by atoms with Gasteiger partial charge in [-0.1, -0.05) is 128 Å². The first-order valence-corrected chi connectivity index (χ1v) is 20.4. The molecule has 0 bridgehead atoms. The van der Waals surface area contributed by atoms with Gasteiger partial charge in [0.2, 0.25) is 0 Å². The second kappa shape index (κ2) is 25.7. The van der Waals surface area contributed by atoms with Crippen LogP contribution in [0.4, 0.5) is 0 Å². The lowest BCUT2D eigenvalue weighted by molar-refractivity contribution is -0.151. The van der Waals surface area contributed by atoms with E-state index in [1.54, 1.807) is 0 Å². The number of carbonyl (C=O) groups is 2. The molecule has 1 unspecified atom stereocenters. The predicted octanol–water partition coefficient (Wildman–Crippen LogP) is 9.73. The third-order valence-corrected chi connectivity index (χ3v) is 12.0. The largest absolute Gasteiger partial charge is 0.457 e. The van der Waals surface area contributed by atoms with E-state index < -0.39 is 6.10 Å². The number of allylic oxidation sites excluding steroid dienone is 2. The molecule has 6 nitrogen and oxygen atoms in total. The fourth-order valence-corrected chi connectivity index (χ4v) is 8.35. The summed E-state index contributed by atoms with van der Waals surface area (Å²) in [5.41, 5.74) is 0.0769. The number of aliphatic hydroxyl groups is 2. The Balaban J connectivity index is 1.70. The van der Waals surface area contributed by atoms with Crippen molar-refractivity contribution in [2.75, 3.05) is 20.2 Å². The van der Waals surface area contributed by atoms with E-state index in [0.717, 1.165) is 45.1 Å². The molecule has 0 amide bonds. The molecule has 48 heavy (non-hydrogen) atoms. The molecule has 0 aliphatic heterocycles. The molecule has 278 valence electrons. The minimum Gasteiger partial charge on any atom is -0.457 e. The fraction of sp³-hybridized carbons (Fsp3) is 0.854. The molecule has 7 heteroatoms. The molecule has 2 fully saturated rings. The molecular weight excluding hydrogens is 622 g/mol. The van der Waals surface area contributed by atoms with E-state index in [-0.39, 0.29) is 47.3 Å². The zero-order chi connectivity index (χ0) is 35.0. The summed E-state index contributed by atoms with van der Waals surface area (Å²) in [6.07, 6.45) is 34.4. The van der Waals surface area contributed by atoms with Gasteiger partial charge < -0.3 is 14.9 Å². The molecule has 2 aliphatic carbocycles. The zero-order valence-electron chi connectivity index (χ0n) is 31.0. The van der Waals surface area contributed by atoms with Crippen LogP contribution < -0.4 is 0 Å². The number of rotatable bonds is 29. The Morgan fingerprint density at radius 1 is 0.938 bits per heavy atom. The van der Waals surface area contributed by atoms with Crippen molar-refractivity contribution in [3.8, 4) is 0 Å². The number of hydrogen-bond donors (Lipinski definition) is 2. The summed E-state index contributed by atoms with van der Waals surface area (Å²) >= 11 is 6.69. The molecule has 0 spiro atoms. The molecule has 0 radical (unpaired) electrons. The van der Waals surface area contributed by atoms with Gasteiger partial charge in [-0.3, -0.25) is 14.5 Å². The van der Waals surface area contributed by atoms with Gasteiger partial charge in [-0.05, 0) is 82.7 Å². The van der Waals surface area contributed by atoms with E-state index in [1.807, 2.05) is 7.05 Å². The van der Waals surface area contributed by atoms with Gasteiger partial charge in [0.1, 0.15) is 12.6 Å². The van der Waals surface area contributed by atoms with E-state index in [0.29, 0.717) is 25.5 Å². The highest BCUT2D eigenvalue weighted by molar-refractivity contribution is 6.21. The monoisotopic (exact) mass is 694 g/mol. The van der Waals surface area contributed by atoms with Crippen molar-refractivity contribution in [1.82, 2.24) is 4.90 Å². The minimum absolute atomic E-state index is 0.0226.